The fourth-order valence-electron chi connectivity index (χ4n) is 3.91. The molecular formula is C21H45O7PS. The van der Waals surface area contributed by atoms with Crippen LogP contribution in [0.5, 0.6) is 0 Å². The number of unbranched alkanes of at least 4 members (excludes halogenated alkanes) is 13. The Hall–Kier alpha value is 0.0200. The lowest BCUT2D eigenvalue weighted by Crippen LogP contribution is -2.22. The molecule has 0 bridgehead atoms. The first-order valence-corrected chi connectivity index (χ1v) is 15.0. The standard InChI is InChI=1S/C21H42O3S.H3O4P/c1-2-3-4-5-6-7-8-9-10-11-12-13-14-15-18-25(23,24)21-17-16-20(22)19-21;1-5(2,3)4/h20-22H,2-19H2,1H3;(H3,1,2,3,4). The zero-order chi connectivity index (χ0) is 22.9. The van der Waals surface area contributed by atoms with E-state index >= 15 is 0 Å². The molecule has 0 aromatic heterocycles. The van der Waals surface area contributed by atoms with Gasteiger partial charge < -0.3 is 19.8 Å². The van der Waals surface area contributed by atoms with Gasteiger partial charge in [0.25, 0.3) is 0 Å². The van der Waals surface area contributed by atoms with Crippen molar-refractivity contribution in [2.45, 2.75) is 127 Å². The van der Waals surface area contributed by atoms with Gasteiger partial charge in [0.15, 0.2) is 9.84 Å². The Morgan fingerprint density at radius 3 is 1.43 bits per heavy atom. The number of phosphoric acid groups is 1. The van der Waals surface area contributed by atoms with E-state index in [0.717, 1.165) is 12.8 Å². The number of hydrogen-bond donors (Lipinski definition) is 4. The maximum absolute atomic E-state index is 12.2. The van der Waals surface area contributed by atoms with Crippen molar-refractivity contribution >= 4 is 17.7 Å². The summed E-state index contributed by atoms with van der Waals surface area (Å²) in [6.45, 7) is 2.26. The van der Waals surface area contributed by atoms with E-state index in [0.29, 0.717) is 25.0 Å². The number of hydrogen-bond acceptors (Lipinski definition) is 4. The highest BCUT2D eigenvalue weighted by molar-refractivity contribution is 7.92. The van der Waals surface area contributed by atoms with E-state index in [2.05, 4.69) is 6.92 Å². The van der Waals surface area contributed by atoms with Crippen LogP contribution in [0.3, 0.4) is 0 Å². The Morgan fingerprint density at radius 1 is 0.733 bits per heavy atom. The van der Waals surface area contributed by atoms with Gasteiger partial charge in [-0.15, -0.1) is 0 Å². The summed E-state index contributed by atoms with van der Waals surface area (Å²) >= 11 is 0. The third-order valence-electron chi connectivity index (χ3n) is 5.65. The van der Waals surface area contributed by atoms with Crippen molar-refractivity contribution in [2.24, 2.45) is 0 Å². The third-order valence-corrected chi connectivity index (χ3v) is 7.95. The molecular weight excluding hydrogens is 427 g/mol. The summed E-state index contributed by atoms with van der Waals surface area (Å²) in [6.07, 6.45) is 19.4. The first-order chi connectivity index (χ1) is 14.1. The van der Waals surface area contributed by atoms with Crippen molar-refractivity contribution in [3.05, 3.63) is 0 Å². The average Bonchev–Trinajstić information content (AvgIpc) is 3.08. The Kier molecular flexibility index (Phi) is 17.6. The fourth-order valence-corrected chi connectivity index (χ4v) is 5.86. The molecule has 182 valence electrons. The minimum Gasteiger partial charge on any atom is -0.393 e. The second kappa shape index (κ2) is 17.6. The predicted octanol–water partition coefficient (Wildman–Crippen LogP) is 4.87. The third kappa shape index (κ3) is 20.0. The second-order valence-electron chi connectivity index (χ2n) is 8.57. The molecule has 0 radical (unpaired) electrons. The Labute approximate surface area is 183 Å². The van der Waals surface area contributed by atoms with Crippen LogP contribution in [0.4, 0.5) is 0 Å². The Bertz CT molecular complexity index is 539. The largest absolute Gasteiger partial charge is 0.466 e. The van der Waals surface area contributed by atoms with E-state index in [1.54, 1.807) is 0 Å². The van der Waals surface area contributed by atoms with Gasteiger partial charge >= 0.3 is 7.82 Å². The van der Waals surface area contributed by atoms with E-state index in [-0.39, 0.29) is 5.25 Å². The maximum atomic E-state index is 12.2. The van der Waals surface area contributed by atoms with Gasteiger partial charge in [-0.25, -0.2) is 13.0 Å². The lowest BCUT2D eigenvalue weighted by molar-refractivity contribution is 0.183. The summed E-state index contributed by atoms with van der Waals surface area (Å²) < 4.78 is 33.3. The summed E-state index contributed by atoms with van der Waals surface area (Å²) in [6, 6.07) is 0. The minimum absolute atomic E-state index is 0.274. The quantitative estimate of drug-likeness (QED) is 0.186. The van der Waals surface area contributed by atoms with Gasteiger partial charge in [0, 0.05) is 0 Å². The van der Waals surface area contributed by atoms with Gasteiger partial charge in [0.2, 0.25) is 0 Å². The van der Waals surface area contributed by atoms with Gasteiger partial charge in [-0.05, 0) is 25.7 Å². The van der Waals surface area contributed by atoms with E-state index in [9.17, 15) is 13.5 Å². The van der Waals surface area contributed by atoms with Crippen LogP contribution in [0.2, 0.25) is 0 Å². The minimum atomic E-state index is -4.64. The molecule has 1 aliphatic rings. The summed E-state index contributed by atoms with van der Waals surface area (Å²) in [5, 5.41) is 9.22. The van der Waals surface area contributed by atoms with Crippen molar-refractivity contribution in [1.29, 1.82) is 0 Å². The Morgan fingerprint density at radius 2 is 1.10 bits per heavy atom. The molecule has 9 heteroatoms. The molecule has 1 fully saturated rings. The van der Waals surface area contributed by atoms with Gasteiger partial charge in [-0.1, -0.05) is 90.4 Å². The molecule has 0 aromatic rings. The monoisotopic (exact) mass is 472 g/mol. The molecule has 0 amide bonds. The zero-order valence-electron chi connectivity index (χ0n) is 18.8. The van der Waals surface area contributed by atoms with E-state index in [4.69, 9.17) is 19.2 Å². The lowest BCUT2D eigenvalue weighted by Gasteiger charge is -2.11. The molecule has 1 saturated carbocycles. The Balaban J connectivity index is 0.00000150. The molecule has 0 heterocycles. The highest BCUT2D eigenvalue weighted by atomic mass is 32.2. The SMILES string of the molecule is CCCCCCCCCCCCCCCCS(=O)(=O)C1CCC(O)C1.O=P(O)(O)O. The first kappa shape index (κ1) is 30.0. The van der Waals surface area contributed by atoms with Crippen LogP contribution >= 0.6 is 7.82 Å². The molecule has 0 spiro atoms. The van der Waals surface area contributed by atoms with Gasteiger partial charge in [-0.2, -0.15) is 0 Å². The van der Waals surface area contributed by atoms with Crippen molar-refractivity contribution < 1.29 is 32.8 Å². The number of sulfone groups is 1. The number of rotatable bonds is 16. The van der Waals surface area contributed by atoms with E-state index in [1.807, 2.05) is 0 Å². The van der Waals surface area contributed by atoms with Crippen LogP contribution in [-0.4, -0.2) is 45.3 Å². The second-order valence-corrected chi connectivity index (χ2v) is 12.0. The molecule has 0 saturated heterocycles. The van der Waals surface area contributed by atoms with Crippen molar-refractivity contribution in [1.82, 2.24) is 0 Å². The topological polar surface area (TPSA) is 132 Å². The molecule has 7 nitrogen and oxygen atoms in total. The van der Waals surface area contributed by atoms with Crippen LogP contribution in [0, 0.1) is 0 Å². The first-order valence-electron chi connectivity index (χ1n) is 11.7. The summed E-state index contributed by atoms with van der Waals surface area (Å²) in [7, 11) is -7.61. The molecule has 1 aliphatic carbocycles. The normalized spacial score (nSPS) is 19.5. The zero-order valence-corrected chi connectivity index (χ0v) is 20.5. The lowest BCUT2D eigenvalue weighted by atomic mass is 10.0. The molecule has 1 rings (SSSR count). The molecule has 30 heavy (non-hydrogen) atoms. The number of aliphatic hydroxyl groups excluding tert-OH is 1. The fraction of sp³-hybridized carbons (Fsp3) is 1.00. The summed E-state index contributed by atoms with van der Waals surface area (Å²) in [5.41, 5.74) is 0. The van der Waals surface area contributed by atoms with Crippen LogP contribution in [0.15, 0.2) is 0 Å². The molecule has 2 atom stereocenters. The van der Waals surface area contributed by atoms with Crippen molar-refractivity contribution in [3.8, 4) is 0 Å². The van der Waals surface area contributed by atoms with Crippen molar-refractivity contribution in [3.63, 3.8) is 0 Å². The molecule has 0 aliphatic heterocycles. The van der Waals surface area contributed by atoms with E-state index in [1.165, 1.54) is 77.0 Å². The predicted molar refractivity (Wildman–Crippen MR) is 122 cm³/mol. The number of aliphatic hydroxyl groups is 1. The highest BCUT2D eigenvalue weighted by Gasteiger charge is 2.32. The molecule has 2 unspecified atom stereocenters. The molecule has 0 aromatic carbocycles. The van der Waals surface area contributed by atoms with Crippen LogP contribution in [0.1, 0.15) is 116 Å². The molecule has 4 N–H and O–H groups in total. The smallest absolute Gasteiger partial charge is 0.393 e. The van der Waals surface area contributed by atoms with Gasteiger partial charge in [0.1, 0.15) is 0 Å². The highest BCUT2D eigenvalue weighted by Crippen LogP contribution is 2.27. The van der Waals surface area contributed by atoms with Gasteiger partial charge in [-0.3, -0.25) is 0 Å². The van der Waals surface area contributed by atoms with Crippen LogP contribution < -0.4 is 0 Å². The van der Waals surface area contributed by atoms with E-state index < -0.39 is 23.8 Å². The van der Waals surface area contributed by atoms with Crippen LogP contribution in [0.25, 0.3) is 0 Å². The maximum Gasteiger partial charge on any atom is 0.466 e. The van der Waals surface area contributed by atoms with Crippen LogP contribution in [-0.2, 0) is 14.4 Å². The summed E-state index contributed by atoms with van der Waals surface area (Å²) in [4.78, 5) is 21.6. The average molecular weight is 473 g/mol. The van der Waals surface area contributed by atoms with Crippen molar-refractivity contribution in [2.75, 3.05) is 5.75 Å². The van der Waals surface area contributed by atoms with Gasteiger partial charge in [0.05, 0.1) is 17.1 Å². The summed E-state index contributed by atoms with van der Waals surface area (Å²) in [5.74, 6) is 0.322.